The van der Waals surface area contributed by atoms with Crippen molar-refractivity contribution in [1.29, 1.82) is 0 Å². The van der Waals surface area contributed by atoms with E-state index in [9.17, 15) is 0 Å². The zero-order valence-corrected chi connectivity index (χ0v) is 8.65. The third kappa shape index (κ3) is 4.78. The Morgan fingerprint density at radius 2 is 1.80 bits per heavy atom. The first-order valence-corrected chi connectivity index (χ1v) is 5.01. The number of ether oxygens (including phenoxy) is 1. The highest BCUT2D eigenvalue weighted by Crippen LogP contribution is 2.11. The van der Waals surface area contributed by atoms with E-state index in [1.54, 1.807) is 0 Å². The van der Waals surface area contributed by atoms with Gasteiger partial charge >= 0.3 is 0 Å². The summed E-state index contributed by atoms with van der Waals surface area (Å²) in [7, 11) is 0. The number of benzene rings is 1. The lowest BCUT2D eigenvalue weighted by molar-refractivity contribution is 0.201. The lowest BCUT2D eigenvalue weighted by Gasteiger charge is -2.06. The van der Waals surface area contributed by atoms with Gasteiger partial charge in [0.05, 0.1) is 13.2 Å². The normalized spacial score (nSPS) is 10.3. The van der Waals surface area contributed by atoms with Crippen molar-refractivity contribution in [2.75, 3.05) is 26.4 Å². The first kappa shape index (κ1) is 12.0. The van der Waals surface area contributed by atoms with Crippen LogP contribution in [-0.4, -0.2) is 36.6 Å². The van der Waals surface area contributed by atoms with Gasteiger partial charge in [-0.3, -0.25) is 0 Å². The highest BCUT2D eigenvalue weighted by atomic mass is 16.5. The summed E-state index contributed by atoms with van der Waals surface area (Å²) < 4.78 is 5.23. The molecule has 0 spiro atoms. The summed E-state index contributed by atoms with van der Waals surface area (Å²) in [6, 6.07) is 7.64. The molecule has 0 aromatic heterocycles. The van der Waals surface area contributed by atoms with Gasteiger partial charge in [-0.05, 0) is 17.7 Å². The SMILES string of the molecule is OCCNCc1ccc(OCCO)cc1. The van der Waals surface area contributed by atoms with Crippen molar-refractivity contribution in [3.63, 3.8) is 0 Å². The van der Waals surface area contributed by atoms with Gasteiger partial charge < -0.3 is 20.3 Å². The summed E-state index contributed by atoms with van der Waals surface area (Å²) in [4.78, 5) is 0. The molecule has 0 radical (unpaired) electrons. The lowest BCUT2D eigenvalue weighted by atomic mass is 10.2. The molecule has 4 heteroatoms. The second kappa shape index (κ2) is 7.23. The van der Waals surface area contributed by atoms with Crippen LogP contribution in [0.25, 0.3) is 0 Å². The average molecular weight is 211 g/mol. The molecule has 0 bridgehead atoms. The van der Waals surface area contributed by atoms with Gasteiger partial charge in [0, 0.05) is 13.1 Å². The Kier molecular flexibility index (Phi) is 5.77. The fourth-order valence-corrected chi connectivity index (χ4v) is 1.18. The summed E-state index contributed by atoms with van der Waals surface area (Å²) in [6.45, 7) is 1.84. The van der Waals surface area contributed by atoms with Crippen molar-refractivity contribution in [2.45, 2.75) is 6.54 Å². The standard InChI is InChI=1S/C11H17NO3/c13-6-5-12-9-10-1-3-11(4-2-10)15-8-7-14/h1-4,12-14H,5-9H2. The Labute approximate surface area is 89.5 Å². The van der Waals surface area contributed by atoms with Gasteiger partial charge in [0.15, 0.2) is 0 Å². The summed E-state index contributed by atoms with van der Waals surface area (Å²) in [5.41, 5.74) is 1.14. The van der Waals surface area contributed by atoms with E-state index >= 15 is 0 Å². The molecule has 4 nitrogen and oxygen atoms in total. The number of aliphatic hydroxyl groups is 2. The quantitative estimate of drug-likeness (QED) is 0.561. The number of hydrogen-bond donors (Lipinski definition) is 3. The molecule has 84 valence electrons. The highest BCUT2D eigenvalue weighted by molar-refractivity contribution is 5.27. The fraction of sp³-hybridized carbons (Fsp3) is 0.455. The van der Waals surface area contributed by atoms with Crippen LogP contribution < -0.4 is 10.1 Å². The second-order valence-corrected chi connectivity index (χ2v) is 3.12. The van der Waals surface area contributed by atoms with E-state index in [1.165, 1.54) is 0 Å². The van der Waals surface area contributed by atoms with Crippen molar-refractivity contribution in [2.24, 2.45) is 0 Å². The Morgan fingerprint density at radius 1 is 1.07 bits per heavy atom. The Morgan fingerprint density at radius 3 is 2.40 bits per heavy atom. The number of hydrogen-bond acceptors (Lipinski definition) is 4. The molecule has 0 atom stereocenters. The smallest absolute Gasteiger partial charge is 0.119 e. The number of rotatable bonds is 7. The van der Waals surface area contributed by atoms with Crippen LogP contribution in [-0.2, 0) is 6.54 Å². The Balaban J connectivity index is 2.35. The topological polar surface area (TPSA) is 61.7 Å². The predicted octanol–water partition coefficient (Wildman–Crippen LogP) is 0.140. The van der Waals surface area contributed by atoms with Crippen molar-refractivity contribution >= 4 is 0 Å². The van der Waals surface area contributed by atoms with Gasteiger partial charge in [-0.25, -0.2) is 0 Å². The molecular weight excluding hydrogens is 194 g/mol. The zero-order valence-electron chi connectivity index (χ0n) is 8.65. The molecule has 0 amide bonds. The van der Waals surface area contributed by atoms with Crippen LogP contribution in [0, 0.1) is 0 Å². The average Bonchev–Trinajstić information content (AvgIpc) is 2.28. The summed E-state index contributed by atoms with van der Waals surface area (Å²) in [5.74, 6) is 0.759. The highest BCUT2D eigenvalue weighted by Gasteiger charge is 1.94. The van der Waals surface area contributed by atoms with Gasteiger partial charge in [0.2, 0.25) is 0 Å². The Bertz CT molecular complexity index is 261. The maximum Gasteiger partial charge on any atom is 0.119 e. The monoisotopic (exact) mass is 211 g/mol. The van der Waals surface area contributed by atoms with Gasteiger partial charge in [0.25, 0.3) is 0 Å². The van der Waals surface area contributed by atoms with Crippen LogP contribution in [0.5, 0.6) is 5.75 Å². The molecule has 3 N–H and O–H groups in total. The van der Waals surface area contributed by atoms with Crippen LogP contribution in [0.3, 0.4) is 0 Å². The third-order valence-electron chi connectivity index (χ3n) is 1.90. The van der Waals surface area contributed by atoms with E-state index in [4.69, 9.17) is 14.9 Å². The van der Waals surface area contributed by atoms with Gasteiger partial charge in [0.1, 0.15) is 12.4 Å². The minimum atomic E-state index is 0.0276. The Hall–Kier alpha value is -1.10. The van der Waals surface area contributed by atoms with E-state index in [0.717, 1.165) is 17.9 Å². The van der Waals surface area contributed by atoms with Gasteiger partial charge in [-0.15, -0.1) is 0 Å². The molecule has 0 aliphatic heterocycles. The summed E-state index contributed by atoms with van der Waals surface area (Å²) in [6.07, 6.45) is 0. The molecule has 1 aromatic rings. The van der Waals surface area contributed by atoms with E-state index in [2.05, 4.69) is 5.32 Å². The molecular formula is C11H17NO3. The number of aliphatic hydroxyl groups excluding tert-OH is 2. The fourth-order valence-electron chi connectivity index (χ4n) is 1.18. The minimum Gasteiger partial charge on any atom is -0.491 e. The van der Waals surface area contributed by atoms with E-state index < -0.39 is 0 Å². The van der Waals surface area contributed by atoms with Crippen molar-refractivity contribution in [1.82, 2.24) is 5.32 Å². The van der Waals surface area contributed by atoms with Crippen LogP contribution in [0.1, 0.15) is 5.56 Å². The van der Waals surface area contributed by atoms with Crippen molar-refractivity contribution < 1.29 is 14.9 Å². The molecule has 0 fully saturated rings. The molecule has 1 rings (SSSR count). The maximum atomic E-state index is 8.58. The van der Waals surface area contributed by atoms with Crippen molar-refractivity contribution in [3.8, 4) is 5.75 Å². The first-order chi connectivity index (χ1) is 7.36. The third-order valence-corrected chi connectivity index (χ3v) is 1.90. The maximum absolute atomic E-state index is 8.58. The molecule has 1 aromatic carbocycles. The van der Waals surface area contributed by atoms with E-state index in [-0.39, 0.29) is 13.2 Å². The van der Waals surface area contributed by atoms with E-state index in [1.807, 2.05) is 24.3 Å². The summed E-state index contributed by atoms with van der Waals surface area (Å²) in [5, 5.41) is 20.2. The van der Waals surface area contributed by atoms with Crippen LogP contribution in [0.15, 0.2) is 24.3 Å². The second-order valence-electron chi connectivity index (χ2n) is 3.12. The van der Waals surface area contributed by atoms with Gasteiger partial charge in [-0.2, -0.15) is 0 Å². The molecule has 0 aliphatic carbocycles. The van der Waals surface area contributed by atoms with Gasteiger partial charge in [-0.1, -0.05) is 12.1 Å². The molecule has 15 heavy (non-hydrogen) atoms. The molecule has 0 saturated heterocycles. The molecule has 0 saturated carbocycles. The molecule has 0 unspecified atom stereocenters. The minimum absolute atomic E-state index is 0.0276. The van der Waals surface area contributed by atoms with Crippen LogP contribution in [0.4, 0.5) is 0 Å². The molecule has 0 aliphatic rings. The summed E-state index contributed by atoms with van der Waals surface area (Å²) >= 11 is 0. The molecule has 0 heterocycles. The largest absolute Gasteiger partial charge is 0.491 e. The van der Waals surface area contributed by atoms with Crippen LogP contribution in [0.2, 0.25) is 0 Å². The van der Waals surface area contributed by atoms with E-state index in [0.29, 0.717) is 13.2 Å². The number of nitrogens with one attached hydrogen (secondary N) is 1. The zero-order chi connectivity index (χ0) is 10.9. The predicted molar refractivity (Wildman–Crippen MR) is 57.8 cm³/mol. The first-order valence-electron chi connectivity index (χ1n) is 5.01. The van der Waals surface area contributed by atoms with Crippen molar-refractivity contribution in [3.05, 3.63) is 29.8 Å². The van der Waals surface area contributed by atoms with Crippen LogP contribution >= 0.6 is 0 Å². The lowest BCUT2D eigenvalue weighted by Crippen LogP contribution is -2.17.